The van der Waals surface area contributed by atoms with Crippen molar-refractivity contribution in [2.45, 2.75) is 31.5 Å². The number of ether oxygens (including phenoxy) is 2. The van der Waals surface area contributed by atoms with Crippen molar-refractivity contribution in [1.82, 2.24) is 9.88 Å². The summed E-state index contributed by atoms with van der Waals surface area (Å²) in [6.07, 6.45) is 4.90. The van der Waals surface area contributed by atoms with Gasteiger partial charge in [-0.15, -0.1) is 12.4 Å². The van der Waals surface area contributed by atoms with E-state index in [1.807, 2.05) is 54.3 Å². The number of hydrogen-bond acceptors (Lipinski definition) is 5. The van der Waals surface area contributed by atoms with Gasteiger partial charge in [-0.25, -0.2) is 0 Å². The molecule has 1 atom stereocenters. The molecule has 2 aliphatic heterocycles. The van der Waals surface area contributed by atoms with E-state index in [-0.39, 0.29) is 23.9 Å². The highest BCUT2D eigenvalue weighted by Gasteiger charge is 2.45. The molecule has 0 N–H and O–H groups in total. The number of carbonyl (C=O) groups is 1. The van der Waals surface area contributed by atoms with Crippen LogP contribution in [0, 0.1) is 0 Å². The van der Waals surface area contributed by atoms with Gasteiger partial charge in [-0.1, -0.05) is 18.2 Å². The number of likely N-dealkylation sites (tertiary alicyclic amines) is 1. The van der Waals surface area contributed by atoms with Gasteiger partial charge in [0.15, 0.2) is 0 Å². The number of carbonyl (C=O) groups excluding carboxylic acids is 1. The zero-order valence-electron chi connectivity index (χ0n) is 16.7. The number of aromatic nitrogens is 1. The van der Waals surface area contributed by atoms with Crippen molar-refractivity contribution in [2.24, 2.45) is 0 Å². The Balaban J connectivity index is 0.00000240. The van der Waals surface area contributed by atoms with Crippen LogP contribution in [0.2, 0.25) is 0 Å². The molecule has 2 saturated heterocycles. The Kier molecular flexibility index (Phi) is 7.11. The summed E-state index contributed by atoms with van der Waals surface area (Å²) in [4.78, 5) is 21.0. The number of piperidine rings is 1. The van der Waals surface area contributed by atoms with Gasteiger partial charge in [0.2, 0.25) is 0 Å². The molecule has 6 nitrogen and oxygen atoms in total. The topological polar surface area (TPSA) is 54.9 Å². The number of amides is 1. The summed E-state index contributed by atoms with van der Waals surface area (Å²) in [6.45, 7) is 5.90. The van der Waals surface area contributed by atoms with Crippen LogP contribution < -0.4 is 9.64 Å². The number of benzene rings is 1. The van der Waals surface area contributed by atoms with Crippen molar-refractivity contribution < 1.29 is 14.3 Å². The molecule has 2 aromatic rings. The Hall–Kier alpha value is -2.15. The summed E-state index contributed by atoms with van der Waals surface area (Å²) in [6, 6.07) is 13.7. The second kappa shape index (κ2) is 9.57. The van der Waals surface area contributed by atoms with Crippen LogP contribution >= 0.6 is 12.4 Å². The van der Waals surface area contributed by atoms with Crippen LogP contribution in [0.1, 0.15) is 19.8 Å². The summed E-state index contributed by atoms with van der Waals surface area (Å²) in [5.74, 6) is 0.849. The predicted molar refractivity (Wildman–Crippen MR) is 115 cm³/mol. The molecule has 1 aromatic heterocycles. The summed E-state index contributed by atoms with van der Waals surface area (Å²) < 4.78 is 12.0. The van der Waals surface area contributed by atoms with E-state index in [1.165, 1.54) is 0 Å². The molecule has 0 bridgehead atoms. The van der Waals surface area contributed by atoms with Crippen molar-refractivity contribution in [3.63, 3.8) is 0 Å². The molecule has 7 heteroatoms. The minimum absolute atomic E-state index is 0. The number of halogens is 1. The number of anilines is 1. The number of nitrogens with zero attached hydrogens (tertiary/aromatic N) is 3. The predicted octanol–water partition coefficient (Wildman–Crippen LogP) is 3.17. The van der Waals surface area contributed by atoms with Gasteiger partial charge in [0.05, 0.1) is 18.3 Å². The summed E-state index contributed by atoms with van der Waals surface area (Å²) in [5, 5.41) is 0. The number of hydrogen-bond donors (Lipinski definition) is 0. The first-order valence-electron chi connectivity index (χ1n) is 9.95. The monoisotopic (exact) mass is 417 g/mol. The van der Waals surface area contributed by atoms with E-state index in [0.29, 0.717) is 13.2 Å². The van der Waals surface area contributed by atoms with E-state index in [1.54, 1.807) is 12.4 Å². The second-order valence-electron chi connectivity index (χ2n) is 7.58. The largest absolute Gasteiger partial charge is 0.491 e. The summed E-state index contributed by atoms with van der Waals surface area (Å²) in [5.41, 5.74) is 0.693. The number of pyridine rings is 1. The average Bonchev–Trinajstić information content (AvgIpc) is 2.74. The first kappa shape index (κ1) is 21.6. The molecular weight excluding hydrogens is 390 g/mol. The molecule has 156 valence electrons. The third-order valence-electron chi connectivity index (χ3n) is 5.63. The van der Waals surface area contributed by atoms with Crippen LogP contribution in [0.3, 0.4) is 0 Å². The lowest BCUT2D eigenvalue weighted by Gasteiger charge is -2.49. The van der Waals surface area contributed by atoms with Gasteiger partial charge >= 0.3 is 0 Å². The van der Waals surface area contributed by atoms with E-state index in [4.69, 9.17) is 9.47 Å². The van der Waals surface area contributed by atoms with Crippen LogP contribution in [0.5, 0.6) is 5.75 Å². The van der Waals surface area contributed by atoms with E-state index in [0.717, 1.165) is 43.9 Å². The van der Waals surface area contributed by atoms with Crippen LogP contribution in [-0.2, 0) is 9.53 Å². The standard InChI is InChI=1S/C22H27N3O3.ClH/c1-18-21(26)25(19-6-3-2-4-7-19)17-22(28-18)9-12-24(13-10-22)14-15-27-20-8-5-11-23-16-20;/h2-8,11,16,18H,9-10,12-15,17H2,1H3;1H. The molecular formula is C22H28ClN3O3. The van der Waals surface area contributed by atoms with Crippen LogP contribution in [0.25, 0.3) is 0 Å². The maximum absolute atomic E-state index is 12.7. The van der Waals surface area contributed by atoms with Crippen molar-refractivity contribution in [2.75, 3.05) is 37.7 Å². The minimum atomic E-state index is -0.408. The number of morpholine rings is 1. The quantitative estimate of drug-likeness (QED) is 0.747. The highest BCUT2D eigenvalue weighted by Crippen LogP contribution is 2.34. The van der Waals surface area contributed by atoms with Crippen molar-refractivity contribution >= 4 is 24.0 Å². The van der Waals surface area contributed by atoms with E-state index in [2.05, 4.69) is 9.88 Å². The first-order valence-corrected chi connectivity index (χ1v) is 9.95. The molecule has 0 aliphatic carbocycles. The molecule has 1 spiro atoms. The van der Waals surface area contributed by atoms with Gasteiger partial charge in [-0.05, 0) is 44.0 Å². The number of rotatable bonds is 5. The number of para-hydroxylation sites is 1. The Morgan fingerprint density at radius 3 is 2.62 bits per heavy atom. The van der Waals surface area contributed by atoms with E-state index < -0.39 is 6.10 Å². The first-order chi connectivity index (χ1) is 13.7. The minimum Gasteiger partial charge on any atom is -0.491 e. The van der Waals surface area contributed by atoms with Crippen LogP contribution in [-0.4, -0.2) is 60.3 Å². The Morgan fingerprint density at radius 1 is 1.17 bits per heavy atom. The molecule has 2 aliphatic rings. The van der Waals surface area contributed by atoms with E-state index >= 15 is 0 Å². The zero-order chi connectivity index (χ0) is 19.4. The highest BCUT2D eigenvalue weighted by atomic mass is 35.5. The Bertz CT molecular complexity index is 782. The van der Waals surface area contributed by atoms with Gasteiger partial charge in [0, 0.05) is 31.5 Å². The second-order valence-corrected chi connectivity index (χ2v) is 7.58. The molecule has 1 unspecified atom stereocenters. The van der Waals surface area contributed by atoms with Crippen LogP contribution in [0.4, 0.5) is 5.69 Å². The third-order valence-corrected chi connectivity index (χ3v) is 5.63. The summed E-state index contributed by atoms with van der Waals surface area (Å²) in [7, 11) is 0. The molecule has 3 heterocycles. The molecule has 0 radical (unpaired) electrons. The van der Waals surface area contributed by atoms with E-state index in [9.17, 15) is 4.79 Å². The molecule has 1 aromatic carbocycles. The maximum atomic E-state index is 12.7. The smallest absolute Gasteiger partial charge is 0.255 e. The third kappa shape index (κ3) is 5.07. The SMILES string of the molecule is CC1OC2(CCN(CCOc3cccnc3)CC2)CN(c2ccccc2)C1=O.Cl. The average molecular weight is 418 g/mol. The lowest BCUT2D eigenvalue weighted by atomic mass is 9.88. The Labute approximate surface area is 178 Å². The van der Waals surface area contributed by atoms with Crippen molar-refractivity contribution in [3.05, 3.63) is 54.9 Å². The fourth-order valence-electron chi connectivity index (χ4n) is 4.06. The van der Waals surface area contributed by atoms with Gasteiger partial charge < -0.3 is 14.4 Å². The van der Waals surface area contributed by atoms with Gasteiger partial charge in [0.25, 0.3) is 5.91 Å². The normalized spacial score (nSPS) is 21.6. The van der Waals surface area contributed by atoms with Gasteiger partial charge in [0.1, 0.15) is 18.5 Å². The fraction of sp³-hybridized carbons (Fsp3) is 0.455. The molecule has 29 heavy (non-hydrogen) atoms. The van der Waals surface area contributed by atoms with Crippen LogP contribution in [0.15, 0.2) is 54.9 Å². The fourth-order valence-corrected chi connectivity index (χ4v) is 4.06. The summed E-state index contributed by atoms with van der Waals surface area (Å²) >= 11 is 0. The zero-order valence-corrected chi connectivity index (χ0v) is 17.5. The van der Waals surface area contributed by atoms with Crippen molar-refractivity contribution in [3.8, 4) is 5.75 Å². The molecule has 2 fully saturated rings. The molecule has 0 saturated carbocycles. The van der Waals surface area contributed by atoms with Gasteiger partial charge in [-0.3, -0.25) is 14.7 Å². The lowest BCUT2D eigenvalue weighted by Crippen LogP contribution is -2.61. The van der Waals surface area contributed by atoms with Gasteiger partial charge in [-0.2, -0.15) is 0 Å². The molecule has 4 rings (SSSR count). The lowest BCUT2D eigenvalue weighted by molar-refractivity contribution is -0.161. The molecule has 1 amide bonds. The van der Waals surface area contributed by atoms with Crippen molar-refractivity contribution in [1.29, 1.82) is 0 Å². The highest BCUT2D eigenvalue weighted by molar-refractivity contribution is 5.97. The Morgan fingerprint density at radius 2 is 1.93 bits per heavy atom. The maximum Gasteiger partial charge on any atom is 0.255 e.